The van der Waals surface area contributed by atoms with Gasteiger partial charge in [0.15, 0.2) is 0 Å². The first kappa shape index (κ1) is 15.3. The zero-order valence-electron chi connectivity index (χ0n) is 12.2. The molecule has 1 aromatic heterocycles. The number of carbonyl (C=O) groups excluding carboxylic acids is 1. The number of methoxy groups -OCH3 is 1. The number of thiophene rings is 1. The summed E-state index contributed by atoms with van der Waals surface area (Å²) in [6, 6.07) is 11.7. The van der Waals surface area contributed by atoms with Crippen LogP contribution in [0.4, 0.5) is 0 Å². The maximum atomic E-state index is 12.0. The van der Waals surface area contributed by atoms with Gasteiger partial charge in [0.1, 0.15) is 5.75 Å². The number of ether oxygens (including phenoxy) is 1. The zero-order valence-corrected chi connectivity index (χ0v) is 13.0. The van der Waals surface area contributed by atoms with E-state index in [-0.39, 0.29) is 11.9 Å². The number of carbonyl (C=O) groups is 1. The molecule has 0 aliphatic rings. The lowest BCUT2D eigenvalue weighted by Gasteiger charge is -2.13. The van der Waals surface area contributed by atoms with Crippen molar-refractivity contribution >= 4 is 23.3 Å². The Balaban J connectivity index is 2.02. The van der Waals surface area contributed by atoms with E-state index in [1.807, 2.05) is 41.8 Å². The number of para-hydroxylation sites is 1. The van der Waals surface area contributed by atoms with Crippen molar-refractivity contribution in [2.24, 2.45) is 0 Å². The van der Waals surface area contributed by atoms with Crippen molar-refractivity contribution in [2.45, 2.75) is 19.4 Å². The molecule has 2 rings (SSSR count). The molecule has 1 N–H and O–H groups in total. The Morgan fingerprint density at radius 1 is 1.33 bits per heavy atom. The van der Waals surface area contributed by atoms with E-state index in [2.05, 4.69) is 12.2 Å². The van der Waals surface area contributed by atoms with Crippen LogP contribution in [0.3, 0.4) is 0 Å². The number of hydrogen-bond acceptors (Lipinski definition) is 3. The van der Waals surface area contributed by atoms with E-state index < -0.39 is 0 Å². The molecule has 0 saturated heterocycles. The van der Waals surface area contributed by atoms with Gasteiger partial charge in [0, 0.05) is 16.5 Å². The summed E-state index contributed by atoms with van der Waals surface area (Å²) in [6.07, 6.45) is 4.19. The fourth-order valence-electron chi connectivity index (χ4n) is 2.05. The first-order valence-corrected chi connectivity index (χ1v) is 7.77. The average Bonchev–Trinajstić information content (AvgIpc) is 3.05. The monoisotopic (exact) mass is 301 g/mol. The second-order valence-corrected chi connectivity index (χ2v) is 5.54. The van der Waals surface area contributed by atoms with Crippen molar-refractivity contribution in [3.05, 3.63) is 58.3 Å². The molecule has 1 amide bonds. The third-order valence-electron chi connectivity index (χ3n) is 3.16. The molecule has 0 fully saturated rings. The summed E-state index contributed by atoms with van der Waals surface area (Å²) in [4.78, 5) is 13.2. The lowest BCUT2D eigenvalue weighted by Crippen LogP contribution is -2.25. The van der Waals surface area contributed by atoms with Crippen LogP contribution >= 0.6 is 11.3 Å². The summed E-state index contributed by atoms with van der Waals surface area (Å²) in [7, 11) is 1.62. The SMILES string of the molecule is CC[C@H](NC(=O)/C=C/c1ccccc1OC)c1cccs1. The summed E-state index contributed by atoms with van der Waals surface area (Å²) in [5.74, 6) is 0.660. The van der Waals surface area contributed by atoms with Crippen LogP contribution in [0.5, 0.6) is 5.75 Å². The smallest absolute Gasteiger partial charge is 0.244 e. The molecule has 0 spiro atoms. The van der Waals surface area contributed by atoms with Crippen molar-refractivity contribution in [3.8, 4) is 5.75 Å². The average molecular weight is 301 g/mol. The van der Waals surface area contributed by atoms with Gasteiger partial charge in [-0.25, -0.2) is 0 Å². The molecular formula is C17H19NO2S. The molecule has 1 heterocycles. The second-order valence-electron chi connectivity index (χ2n) is 4.56. The Bertz CT molecular complexity index is 605. The standard InChI is InChI=1S/C17H19NO2S/c1-3-14(16-9-6-12-21-16)18-17(19)11-10-13-7-4-5-8-15(13)20-2/h4-12,14H,3H2,1-2H3,(H,18,19)/b11-10+/t14-/m0/s1. The quantitative estimate of drug-likeness (QED) is 0.818. The summed E-state index contributed by atoms with van der Waals surface area (Å²) in [5.41, 5.74) is 0.888. The van der Waals surface area contributed by atoms with Crippen LogP contribution in [0.25, 0.3) is 6.08 Å². The molecule has 1 atom stereocenters. The topological polar surface area (TPSA) is 38.3 Å². The summed E-state index contributed by atoms with van der Waals surface area (Å²) < 4.78 is 5.26. The molecule has 4 heteroatoms. The van der Waals surface area contributed by atoms with Gasteiger partial charge in [0.25, 0.3) is 0 Å². The van der Waals surface area contributed by atoms with E-state index in [4.69, 9.17) is 4.74 Å². The van der Waals surface area contributed by atoms with Gasteiger partial charge in [-0.1, -0.05) is 31.2 Å². The van der Waals surface area contributed by atoms with Crippen LogP contribution in [0.1, 0.15) is 29.8 Å². The van der Waals surface area contributed by atoms with Crippen LogP contribution in [0, 0.1) is 0 Å². The minimum atomic E-state index is -0.0962. The maximum absolute atomic E-state index is 12.0. The highest BCUT2D eigenvalue weighted by Gasteiger charge is 2.11. The molecule has 0 radical (unpaired) electrons. The van der Waals surface area contributed by atoms with Gasteiger partial charge in [-0.05, 0) is 30.0 Å². The molecule has 2 aromatic rings. The zero-order chi connectivity index (χ0) is 15.1. The molecule has 0 aliphatic carbocycles. The predicted octanol–water partition coefficient (Wildman–Crippen LogP) is 4.04. The first-order chi connectivity index (χ1) is 10.2. The molecule has 0 bridgehead atoms. The van der Waals surface area contributed by atoms with Gasteiger partial charge in [0.05, 0.1) is 13.2 Å². The minimum absolute atomic E-state index is 0.0693. The van der Waals surface area contributed by atoms with Gasteiger partial charge in [-0.2, -0.15) is 0 Å². The maximum Gasteiger partial charge on any atom is 0.244 e. The van der Waals surface area contributed by atoms with Gasteiger partial charge < -0.3 is 10.1 Å². The number of nitrogens with one attached hydrogen (secondary N) is 1. The van der Waals surface area contributed by atoms with Crippen LogP contribution in [0.15, 0.2) is 47.9 Å². The molecule has 3 nitrogen and oxygen atoms in total. The van der Waals surface area contributed by atoms with Crippen molar-refractivity contribution in [3.63, 3.8) is 0 Å². The number of amides is 1. The Morgan fingerprint density at radius 2 is 2.14 bits per heavy atom. The first-order valence-electron chi connectivity index (χ1n) is 6.89. The molecule has 0 aliphatic heterocycles. The van der Waals surface area contributed by atoms with Gasteiger partial charge in [-0.3, -0.25) is 4.79 Å². The summed E-state index contributed by atoms with van der Waals surface area (Å²) in [5, 5.41) is 5.04. The van der Waals surface area contributed by atoms with E-state index in [1.54, 1.807) is 30.6 Å². The van der Waals surface area contributed by atoms with Crippen LogP contribution in [-0.2, 0) is 4.79 Å². The van der Waals surface area contributed by atoms with E-state index in [9.17, 15) is 4.79 Å². The minimum Gasteiger partial charge on any atom is -0.496 e. The van der Waals surface area contributed by atoms with Gasteiger partial charge in [0.2, 0.25) is 5.91 Å². The highest BCUT2D eigenvalue weighted by Crippen LogP contribution is 2.22. The Hall–Kier alpha value is -2.07. The van der Waals surface area contributed by atoms with Crippen LogP contribution in [-0.4, -0.2) is 13.0 Å². The van der Waals surface area contributed by atoms with Crippen molar-refractivity contribution in [1.82, 2.24) is 5.32 Å². The Kier molecular flexibility index (Phi) is 5.58. The molecular weight excluding hydrogens is 282 g/mol. The third-order valence-corrected chi connectivity index (χ3v) is 4.15. The fourth-order valence-corrected chi connectivity index (χ4v) is 2.91. The van der Waals surface area contributed by atoms with E-state index in [1.165, 1.54) is 4.88 Å². The van der Waals surface area contributed by atoms with Crippen LogP contribution < -0.4 is 10.1 Å². The molecule has 21 heavy (non-hydrogen) atoms. The predicted molar refractivity (Wildman–Crippen MR) is 87.5 cm³/mol. The number of hydrogen-bond donors (Lipinski definition) is 1. The summed E-state index contributed by atoms with van der Waals surface area (Å²) in [6.45, 7) is 2.06. The van der Waals surface area contributed by atoms with E-state index >= 15 is 0 Å². The Morgan fingerprint density at radius 3 is 2.81 bits per heavy atom. The summed E-state index contributed by atoms with van der Waals surface area (Å²) >= 11 is 1.66. The molecule has 110 valence electrons. The molecule has 0 saturated carbocycles. The third kappa shape index (κ3) is 4.20. The molecule has 1 aromatic carbocycles. The molecule has 0 unspecified atom stereocenters. The lowest BCUT2D eigenvalue weighted by atomic mass is 10.1. The van der Waals surface area contributed by atoms with Crippen molar-refractivity contribution in [2.75, 3.05) is 7.11 Å². The van der Waals surface area contributed by atoms with Crippen molar-refractivity contribution < 1.29 is 9.53 Å². The normalized spacial score (nSPS) is 12.3. The lowest BCUT2D eigenvalue weighted by molar-refractivity contribution is -0.117. The fraction of sp³-hybridized carbons (Fsp3) is 0.235. The van der Waals surface area contributed by atoms with Gasteiger partial charge >= 0.3 is 0 Å². The largest absolute Gasteiger partial charge is 0.496 e. The highest BCUT2D eigenvalue weighted by molar-refractivity contribution is 7.10. The van der Waals surface area contributed by atoms with Crippen molar-refractivity contribution in [1.29, 1.82) is 0 Å². The van der Waals surface area contributed by atoms with Gasteiger partial charge in [-0.15, -0.1) is 11.3 Å². The van der Waals surface area contributed by atoms with E-state index in [0.717, 1.165) is 17.7 Å². The van der Waals surface area contributed by atoms with Crippen LogP contribution in [0.2, 0.25) is 0 Å². The highest BCUT2D eigenvalue weighted by atomic mass is 32.1. The Labute approximate surface area is 129 Å². The number of benzene rings is 1. The second kappa shape index (κ2) is 7.64. The number of rotatable bonds is 6. The van der Waals surface area contributed by atoms with E-state index in [0.29, 0.717) is 0 Å².